The molecule has 2 N–H and O–H groups in total. The monoisotopic (exact) mass is 388 g/mol. The van der Waals surface area contributed by atoms with Gasteiger partial charge >= 0.3 is 0 Å². The molecule has 23 heavy (non-hydrogen) atoms. The van der Waals surface area contributed by atoms with E-state index in [1.165, 1.54) is 0 Å². The smallest absolute Gasteiger partial charge is 0.240 e. The van der Waals surface area contributed by atoms with Gasteiger partial charge in [0.1, 0.15) is 0 Å². The van der Waals surface area contributed by atoms with Gasteiger partial charge in [-0.15, -0.1) is 0 Å². The number of nitrogens with one attached hydrogen (secondary N) is 1. The number of allylic oxidation sites excluding steroid dienone is 2. The molecule has 1 radical (unpaired) electrons. The summed E-state index contributed by atoms with van der Waals surface area (Å²) in [6, 6.07) is 7.72. The Kier molecular flexibility index (Phi) is 5.26. The van der Waals surface area contributed by atoms with Gasteiger partial charge in [-0.05, 0) is 17.9 Å². The summed E-state index contributed by atoms with van der Waals surface area (Å²) in [5, 5.41) is 11.4. The normalized spacial score (nSPS) is 26.1. The van der Waals surface area contributed by atoms with Crippen molar-refractivity contribution < 1.29 is 47.4 Å². The Morgan fingerprint density at radius 3 is 2.87 bits per heavy atom. The van der Waals surface area contributed by atoms with Crippen LogP contribution in [0.3, 0.4) is 0 Å². The Bertz CT molecular complexity index is 688. The molecule has 0 bridgehead atoms. The van der Waals surface area contributed by atoms with E-state index in [0.717, 1.165) is 23.2 Å². The molecule has 1 unspecified atom stereocenters. The summed E-state index contributed by atoms with van der Waals surface area (Å²) in [5.41, 5.74) is 2.56. The number of hydrogen-bond donors (Lipinski definition) is 2. The Morgan fingerprint density at radius 2 is 2.13 bits per heavy atom. The number of carbonyl (C=O) groups excluding carboxylic acids is 2. The molecule has 119 valence electrons. The van der Waals surface area contributed by atoms with Gasteiger partial charge in [0.05, 0.1) is 13.3 Å². The molecule has 1 aromatic carbocycles. The minimum atomic E-state index is -0.227. The van der Waals surface area contributed by atoms with Crippen LogP contribution in [0.25, 0.3) is 0 Å². The van der Waals surface area contributed by atoms with Crippen LogP contribution >= 0.6 is 0 Å². The van der Waals surface area contributed by atoms with E-state index in [0.29, 0.717) is 12.5 Å². The fraction of sp³-hybridized carbons (Fsp3) is 0.353. The average molecular weight is 388 g/mol. The van der Waals surface area contributed by atoms with Gasteiger partial charge in [-0.3, -0.25) is 14.9 Å². The second-order valence-corrected chi connectivity index (χ2v) is 5.90. The van der Waals surface area contributed by atoms with Crippen molar-refractivity contribution in [3.63, 3.8) is 0 Å². The number of likely N-dealkylation sites (tertiary alicyclic amines) is 1. The van der Waals surface area contributed by atoms with Crippen LogP contribution in [-0.4, -0.2) is 41.5 Å². The zero-order chi connectivity index (χ0) is 14.6. The minimum Gasteiger partial charge on any atom is -0.381 e. The van der Waals surface area contributed by atoms with Gasteiger partial charge in [0, 0.05) is 62.0 Å². The summed E-state index contributed by atoms with van der Waals surface area (Å²) in [6.07, 6.45) is 2.65. The largest absolute Gasteiger partial charge is 0.381 e. The van der Waals surface area contributed by atoms with Crippen molar-refractivity contribution in [1.29, 1.82) is 0 Å². The minimum absolute atomic E-state index is 0. The van der Waals surface area contributed by atoms with E-state index in [-0.39, 0.29) is 70.5 Å². The summed E-state index contributed by atoms with van der Waals surface area (Å²) in [7, 11) is 0. The van der Waals surface area contributed by atoms with Crippen molar-refractivity contribution in [3.05, 3.63) is 54.6 Å². The van der Waals surface area contributed by atoms with Crippen molar-refractivity contribution in [2.45, 2.75) is 11.8 Å². The van der Waals surface area contributed by atoms with Gasteiger partial charge in [0.15, 0.2) is 5.78 Å². The SMILES string of the molecule is O=C1C=C2N(C(=O)CNCO)C[C@H]3CC23c2ccccc21.[CH3-].[Y]. The zero-order valence-electron chi connectivity index (χ0n) is 13.1. The molecule has 1 saturated carbocycles. The molecule has 5 nitrogen and oxygen atoms in total. The van der Waals surface area contributed by atoms with Crippen molar-refractivity contribution in [2.75, 3.05) is 19.8 Å². The van der Waals surface area contributed by atoms with E-state index in [1.54, 1.807) is 11.0 Å². The molecule has 1 aromatic rings. The Morgan fingerprint density at radius 1 is 1.39 bits per heavy atom. The predicted molar refractivity (Wildman–Crippen MR) is 81.9 cm³/mol. The summed E-state index contributed by atoms with van der Waals surface area (Å²) < 4.78 is 0. The van der Waals surface area contributed by atoms with Crippen LogP contribution in [-0.2, 0) is 42.9 Å². The summed E-state index contributed by atoms with van der Waals surface area (Å²) in [6.45, 7) is 0.529. The first-order valence-corrected chi connectivity index (χ1v) is 7.16. The van der Waals surface area contributed by atoms with E-state index in [1.807, 2.05) is 24.3 Å². The van der Waals surface area contributed by atoms with Gasteiger partial charge in [0.25, 0.3) is 0 Å². The third-order valence-electron chi connectivity index (χ3n) is 4.89. The van der Waals surface area contributed by atoms with Crippen molar-refractivity contribution in [1.82, 2.24) is 10.2 Å². The second kappa shape index (κ2) is 6.56. The number of ketones is 1. The van der Waals surface area contributed by atoms with Crippen LogP contribution in [0.4, 0.5) is 0 Å². The van der Waals surface area contributed by atoms with Gasteiger partial charge in [-0.2, -0.15) is 0 Å². The van der Waals surface area contributed by atoms with Crippen LogP contribution in [0.2, 0.25) is 0 Å². The number of carbonyl (C=O) groups is 2. The fourth-order valence-electron chi connectivity index (χ4n) is 3.88. The summed E-state index contributed by atoms with van der Waals surface area (Å²) >= 11 is 0. The van der Waals surface area contributed by atoms with Crippen LogP contribution < -0.4 is 5.32 Å². The first kappa shape index (κ1) is 18.5. The van der Waals surface area contributed by atoms with Crippen LogP contribution in [0.5, 0.6) is 0 Å². The number of benzene rings is 1. The number of rotatable bonds is 3. The molecule has 0 aromatic heterocycles. The van der Waals surface area contributed by atoms with Crippen LogP contribution in [0, 0.1) is 13.3 Å². The molecule has 2 aliphatic carbocycles. The molecule has 1 amide bonds. The first-order chi connectivity index (χ1) is 10.2. The van der Waals surface area contributed by atoms with E-state index in [4.69, 9.17) is 5.11 Å². The maximum Gasteiger partial charge on any atom is 0.240 e. The van der Waals surface area contributed by atoms with Crippen molar-refractivity contribution in [3.8, 4) is 0 Å². The summed E-state index contributed by atoms with van der Waals surface area (Å²) in [4.78, 5) is 26.3. The number of aliphatic hydroxyl groups is 1. The number of piperidine rings is 1. The molecule has 3 aliphatic rings. The molecule has 6 heteroatoms. The Labute approximate surface area is 161 Å². The molecular weight excluding hydrogens is 369 g/mol. The maximum absolute atomic E-state index is 12.3. The number of hydrogen-bond acceptors (Lipinski definition) is 4. The van der Waals surface area contributed by atoms with Gasteiger partial charge in [0.2, 0.25) is 5.91 Å². The molecule has 2 atom stereocenters. The fourth-order valence-corrected chi connectivity index (χ4v) is 3.88. The van der Waals surface area contributed by atoms with E-state index in [2.05, 4.69) is 5.32 Å². The van der Waals surface area contributed by atoms with E-state index < -0.39 is 0 Å². The standard InChI is InChI=1S/C16H16N2O3.CH3.Y/c19-9-17-7-15(21)18-8-10-6-16(10)12-4-2-1-3-11(12)13(20)5-14(16)18;;/h1-5,10,17,19H,6-9H2;1H3;/q;-1;/t10-,16?;;/m1../s1. The third-order valence-corrected chi connectivity index (χ3v) is 4.89. The zero-order valence-corrected chi connectivity index (χ0v) is 15.9. The van der Waals surface area contributed by atoms with Crippen LogP contribution in [0.1, 0.15) is 22.3 Å². The number of aliphatic hydroxyl groups excluding tert-OH is 1. The average Bonchev–Trinajstić information content (AvgIpc) is 3.13. The predicted octanol–water partition coefficient (Wildman–Crippen LogP) is 0.854. The quantitative estimate of drug-likeness (QED) is 0.595. The molecule has 1 spiro atoms. The number of amides is 1. The number of fused-ring (bicyclic) bond motifs is 1. The van der Waals surface area contributed by atoms with Crippen LogP contribution in [0.15, 0.2) is 36.0 Å². The molecule has 2 fully saturated rings. The van der Waals surface area contributed by atoms with E-state index >= 15 is 0 Å². The van der Waals surface area contributed by atoms with Crippen molar-refractivity contribution in [2.24, 2.45) is 5.92 Å². The number of nitrogens with zero attached hydrogens (tertiary/aromatic N) is 1. The third kappa shape index (κ3) is 2.54. The molecule has 4 rings (SSSR count). The topological polar surface area (TPSA) is 69.6 Å². The van der Waals surface area contributed by atoms with E-state index in [9.17, 15) is 9.59 Å². The second-order valence-electron chi connectivity index (χ2n) is 5.90. The first-order valence-electron chi connectivity index (χ1n) is 7.16. The molecule has 1 heterocycles. The molecule has 1 saturated heterocycles. The Hall–Kier alpha value is -0.876. The van der Waals surface area contributed by atoms with Gasteiger partial charge < -0.3 is 17.4 Å². The molecule has 1 aliphatic heterocycles. The summed E-state index contributed by atoms with van der Waals surface area (Å²) in [5.74, 6) is 0.303. The molecular formula is C17H19N2O3Y-. The van der Waals surface area contributed by atoms with Gasteiger partial charge in [-0.1, -0.05) is 24.3 Å². The van der Waals surface area contributed by atoms with Crippen molar-refractivity contribution >= 4 is 11.7 Å². The van der Waals surface area contributed by atoms with Gasteiger partial charge in [-0.25, -0.2) is 0 Å². The maximum atomic E-state index is 12.3. The Balaban J connectivity index is 0.000000960.